The van der Waals surface area contributed by atoms with Crippen LogP contribution in [0.1, 0.15) is 25.5 Å². The third-order valence-corrected chi connectivity index (χ3v) is 2.70. The molecule has 1 rings (SSSR count). The van der Waals surface area contributed by atoms with Crippen LogP contribution in [0.2, 0.25) is 0 Å². The van der Waals surface area contributed by atoms with Gasteiger partial charge in [0.05, 0.1) is 0 Å². The molecule has 7 heteroatoms. The molecule has 3 N–H and O–H groups in total. The van der Waals surface area contributed by atoms with Gasteiger partial charge in [0.25, 0.3) is 0 Å². The van der Waals surface area contributed by atoms with Crippen LogP contribution in [0.5, 0.6) is 0 Å². The number of carbonyl (C=O) groups is 3. The molecule has 1 aromatic heterocycles. The van der Waals surface area contributed by atoms with Gasteiger partial charge < -0.3 is 10.4 Å². The second kappa shape index (κ2) is 8.68. The van der Waals surface area contributed by atoms with Crippen molar-refractivity contribution in [2.24, 2.45) is 5.92 Å². The van der Waals surface area contributed by atoms with Gasteiger partial charge in [0, 0.05) is 37.7 Å². The van der Waals surface area contributed by atoms with Gasteiger partial charge in [-0.15, -0.1) is 0 Å². The number of aliphatic carboxylic acids is 1. The predicted octanol–water partition coefficient (Wildman–Crippen LogP) is 0.951. The zero-order valence-electron chi connectivity index (χ0n) is 11.8. The van der Waals surface area contributed by atoms with E-state index in [0.717, 1.165) is 5.69 Å². The monoisotopic (exact) mass is 293 g/mol. The maximum atomic E-state index is 11.5. The lowest BCUT2D eigenvalue weighted by molar-refractivity contribution is -0.138. The molecule has 1 aromatic rings. The largest absolute Gasteiger partial charge is 0.481 e. The number of amides is 3. The summed E-state index contributed by atoms with van der Waals surface area (Å²) in [6.45, 7) is 2.01. The summed E-state index contributed by atoms with van der Waals surface area (Å²) in [6, 6.07) is 4.92. The molecule has 1 heterocycles. The van der Waals surface area contributed by atoms with Gasteiger partial charge in [-0.3, -0.25) is 19.9 Å². The van der Waals surface area contributed by atoms with E-state index >= 15 is 0 Å². The second-order valence-electron chi connectivity index (χ2n) is 4.78. The van der Waals surface area contributed by atoms with Crippen LogP contribution in [0.25, 0.3) is 0 Å². The van der Waals surface area contributed by atoms with Gasteiger partial charge in [0.15, 0.2) is 0 Å². The van der Waals surface area contributed by atoms with E-state index in [1.807, 2.05) is 12.1 Å². The molecule has 0 aliphatic carbocycles. The number of imide groups is 1. The number of urea groups is 1. The molecule has 114 valence electrons. The van der Waals surface area contributed by atoms with E-state index in [9.17, 15) is 14.4 Å². The van der Waals surface area contributed by atoms with Crippen molar-refractivity contribution in [1.29, 1.82) is 0 Å². The number of carbonyl (C=O) groups excluding carboxylic acids is 2. The van der Waals surface area contributed by atoms with E-state index < -0.39 is 17.9 Å². The van der Waals surface area contributed by atoms with Gasteiger partial charge in [0.2, 0.25) is 5.91 Å². The Bertz CT molecular complexity index is 490. The Balaban J connectivity index is 2.21. The van der Waals surface area contributed by atoms with Gasteiger partial charge in [-0.2, -0.15) is 0 Å². The van der Waals surface area contributed by atoms with Crippen molar-refractivity contribution in [2.45, 2.75) is 26.2 Å². The smallest absolute Gasteiger partial charge is 0.321 e. The van der Waals surface area contributed by atoms with Gasteiger partial charge in [-0.05, 0) is 18.1 Å². The molecule has 1 atom stereocenters. The van der Waals surface area contributed by atoms with Crippen LogP contribution < -0.4 is 10.6 Å². The lowest BCUT2D eigenvalue weighted by atomic mass is 10.0. The number of pyridine rings is 1. The lowest BCUT2D eigenvalue weighted by Crippen LogP contribution is -2.40. The van der Waals surface area contributed by atoms with Crippen LogP contribution in [-0.4, -0.2) is 34.5 Å². The fourth-order valence-corrected chi connectivity index (χ4v) is 1.76. The Morgan fingerprint density at radius 3 is 2.67 bits per heavy atom. The first-order valence-electron chi connectivity index (χ1n) is 6.66. The summed E-state index contributed by atoms with van der Waals surface area (Å²) in [4.78, 5) is 37.6. The Hall–Kier alpha value is -2.44. The number of carboxylic acid groups (broad SMARTS) is 1. The van der Waals surface area contributed by atoms with E-state index in [1.54, 1.807) is 19.2 Å². The van der Waals surface area contributed by atoms with Gasteiger partial charge in [-0.1, -0.05) is 13.0 Å². The Kier molecular flexibility index (Phi) is 6.86. The van der Waals surface area contributed by atoms with E-state index in [2.05, 4.69) is 15.6 Å². The number of carboxylic acids is 1. The number of aromatic nitrogens is 1. The highest BCUT2D eigenvalue weighted by Crippen LogP contribution is 2.06. The molecule has 3 amide bonds. The minimum atomic E-state index is -0.963. The number of hydrogen-bond donors (Lipinski definition) is 3. The minimum Gasteiger partial charge on any atom is -0.481 e. The van der Waals surface area contributed by atoms with Crippen LogP contribution in [0, 0.1) is 5.92 Å². The summed E-state index contributed by atoms with van der Waals surface area (Å²) in [5, 5.41) is 13.3. The average molecular weight is 293 g/mol. The highest BCUT2D eigenvalue weighted by atomic mass is 16.4. The third kappa shape index (κ3) is 7.66. The normalized spacial score (nSPS) is 11.5. The summed E-state index contributed by atoms with van der Waals surface area (Å²) >= 11 is 0. The highest BCUT2D eigenvalue weighted by molar-refractivity contribution is 5.94. The molecule has 0 spiro atoms. The number of rotatable bonds is 7. The molecular weight excluding hydrogens is 274 g/mol. The molecule has 7 nitrogen and oxygen atoms in total. The van der Waals surface area contributed by atoms with Gasteiger partial charge in [0.1, 0.15) is 0 Å². The fourth-order valence-electron chi connectivity index (χ4n) is 1.76. The predicted molar refractivity (Wildman–Crippen MR) is 75.5 cm³/mol. The zero-order valence-corrected chi connectivity index (χ0v) is 11.8. The first-order valence-corrected chi connectivity index (χ1v) is 6.66. The SMILES string of the molecule is CC(CC(=O)O)CC(=O)NC(=O)NCCc1ccccn1. The zero-order chi connectivity index (χ0) is 15.7. The summed E-state index contributed by atoms with van der Waals surface area (Å²) in [5.74, 6) is -1.77. The van der Waals surface area contributed by atoms with Crippen LogP contribution >= 0.6 is 0 Å². The van der Waals surface area contributed by atoms with E-state index in [4.69, 9.17) is 5.11 Å². The van der Waals surface area contributed by atoms with E-state index in [1.165, 1.54) is 0 Å². The average Bonchev–Trinajstić information content (AvgIpc) is 2.38. The lowest BCUT2D eigenvalue weighted by Gasteiger charge is -2.09. The van der Waals surface area contributed by atoms with Crippen molar-refractivity contribution in [3.05, 3.63) is 30.1 Å². The first-order chi connectivity index (χ1) is 9.97. The molecule has 0 bridgehead atoms. The van der Waals surface area contributed by atoms with Gasteiger partial charge >= 0.3 is 12.0 Å². The molecule has 0 aliphatic rings. The molecule has 1 unspecified atom stereocenters. The molecular formula is C14H19N3O4. The Morgan fingerprint density at radius 1 is 1.29 bits per heavy atom. The maximum absolute atomic E-state index is 11.5. The minimum absolute atomic E-state index is 0.0000389. The molecule has 0 saturated carbocycles. The third-order valence-electron chi connectivity index (χ3n) is 2.70. The van der Waals surface area contributed by atoms with Crippen LogP contribution in [0.15, 0.2) is 24.4 Å². The van der Waals surface area contributed by atoms with Crippen molar-refractivity contribution in [3.8, 4) is 0 Å². The summed E-state index contributed by atoms with van der Waals surface area (Å²) in [7, 11) is 0. The molecule has 0 fully saturated rings. The summed E-state index contributed by atoms with van der Waals surface area (Å²) < 4.78 is 0. The summed E-state index contributed by atoms with van der Waals surface area (Å²) in [5.41, 5.74) is 0.846. The molecule has 0 radical (unpaired) electrons. The molecule has 21 heavy (non-hydrogen) atoms. The highest BCUT2D eigenvalue weighted by Gasteiger charge is 2.14. The van der Waals surface area contributed by atoms with Crippen molar-refractivity contribution >= 4 is 17.9 Å². The van der Waals surface area contributed by atoms with E-state index in [0.29, 0.717) is 13.0 Å². The van der Waals surface area contributed by atoms with Crippen molar-refractivity contribution in [3.63, 3.8) is 0 Å². The summed E-state index contributed by atoms with van der Waals surface area (Å²) in [6.07, 6.45) is 2.13. The van der Waals surface area contributed by atoms with Crippen molar-refractivity contribution in [1.82, 2.24) is 15.6 Å². The standard InChI is InChI=1S/C14H19N3O4/c1-10(9-13(19)20)8-12(18)17-14(21)16-7-5-11-4-2-3-6-15-11/h2-4,6,10H,5,7-9H2,1H3,(H,19,20)(H2,16,17,18,21). The number of hydrogen-bond acceptors (Lipinski definition) is 4. The number of nitrogens with one attached hydrogen (secondary N) is 2. The molecule has 0 aromatic carbocycles. The Morgan fingerprint density at radius 2 is 2.05 bits per heavy atom. The maximum Gasteiger partial charge on any atom is 0.321 e. The fraction of sp³-hybridized carbons (Fsp3) is 0.429. The van der Waals surface area contributed by atoms with E-state index in [-0.39, 0.29) is 18.8 Å². The topological polar surface area (TPSA) is 108 Å². The Labute approximate surface area is 122 Å². The quantitative estimate of drug-likeness (QED) is 0.693. The van der Waals surface area contributed by atoms with Crippen molar-refractivity contribution in [2.75, 3.05) is 6.54 Å². The first kappa shape index (κ1) is 16.6. The van der Waals surface area contributed by atoms with Crippen LogP contribution in [-0.2, 0) is 16.0 Å². The molecule has 0 saturated heterocycles. The number of nitrogens with zero attached hydrogens (tertiary/aromatic N) is 1. The second-order valence-corrected chi connectivity index (χ2v) is 4.78. The van der Waals surface area contributed by atoms with Gasteiger partial charge in [-0.25, -0.2) is 4.79 Å². The molecule has 0 aliphatic heterocycles. The van der Waals surface area contributed by atoms with Crippen LogP contribution in [0.3, 0.4) is 0 Å². The van der Waals surface area contributed by atoms with Crippen LogP contribution in [0.4, 0.5) is 4.79 Å². The van der Waals surface area contributed by atoms with Crippen molar-refractivity contribution < 1.29 is 19.5 Å².